The zero-order chi connectivity index (χ0) is 18.5. The van der Waals surface area contributed by atoms with Crippen molar-refractivity contribution in [3.8, 4) is 11.5 Å². The monoisotopic (exact) mass is 366 g/mol. The molecule has 0 aliphatic carbocycles. The summed E-state index contributed by atoms with van der Waals surface area (Å²) in [6.07, 6.45) is 0. The standard InChI is InChI=1S/C20H15ClN2O3/c21-16-11-10-13(19(22)24)12-17(16)23-20(25)15-8-4-5-9-18(15)26-14-6-2-1-3-7-14/h1-12H,(H2,22,24)(H,23,25). The van der Waals surface area contributed by atoms with E-state index in [0.717, 1.165) is 0 Å². The molecule has 0 saturated heterocycles. The first-order valence-electron chi connectivity index (χ1n) is 7.77. The van der Waals surface area contributed by atoms with Gasteiger partial charge in [-0.3, -0.25) is 9.59 Å². The van der Waals surface area contributed by atoms with Crippen LogP contribution in [0.2, 0.25) is 5.02 Å². The van der Waals surface area contributed by atoms with Crippen molar-refractivity contribution in [2.75, 3.05) is 5.32 Å². The highest BCUT2D eigenvalue weighted by atomic mass is 35.5. The van der Waals surface area contributed by atoms with Gasteiger partial charge in [-0.2, -0.15) is 0 Å². The second kappa shape index (κ2) is 7.72. The molecule has 26 heavy (non-hydrogen) atoms. The summed E-state index contributed by atoms with van der Waals surface area (Å²) in [6, 6.07) is 20.4. The zero-order valence-corrected chi connectivity index (χ0v) is 14.4. The number of carbonyl (C=O) groups is 2. The van der Waals surface area contributed by atoms with Gasteiger partial charge < -0.3 is 15.8 Å². The van der Waals surface area contributed by atoms with Crippen molar-refractivity contribution in [2.24, 2.45) is 5.73 Å². The highest BCUT2D eigenvalue weighted by Gasteiger charge is 2.15. The first-order chi connectivity index (χ1) is 12.5. The molecule has 0 aliphatic rings. The molecule has 0 saturated carbocycles. The molecule has 3 rings (SSSR count). The Labute approximate surface area is 155 Å². The number of anilines is 1. The van der Waals surface area contributed by atoms with Crippen LogP contribution in [-0.4, -0.2) is 11.8 Å². The van der Waals surface area contributed by atoms with Crippen molar-refractivity contribution < 1.29 is 14.3 Å². The molecule has 0 atom stereocenters. The Morgan fingerprint density at radius 1 is 0.923 bits per heavy atom. The highest BCUT2D eigenvalue weighted by molar-refractivity contribution is 6.34. The van der Waals surface area contributed by atoms with Crippen LogP contribution in [-0.2, 0) is 0 Å². The third-order valence-corrected chi connectivity index (χ3v) is 3.93. The molecule has 2 amide bonds. The Morgan fingerprint density at radius 3 is 2.35 bits per heavy atom. The highest BCUT2D eigenvalue weighted by Crippen LogP contribution is 2.28. The molecule has 3 N–H and O–H groups in total. The van der Waals surface area contributed by atoms with Crippen molar-refractivity contribution in [3.63, 3.8) is 0 Å². The zero-order valence-electron chi connectivity index (χ0n) is 13.6. The fourth-order valence-corrected chi connectivity index (χ4v) is 2.49. The molecule has 0 fully saturated rings. The Balaban J connectivity index is 1.87. The Bertz CT molecular complexity index is 958. The molecule has 3 aromatic rings. The molecule has 0 unspecified atom stereocenters. The predicted molar refractivity (Wildman–Crippen MR) is 101 cm³/mol. The van der Waals surface area contributed by atoms with E-state index in [0.29, 0.717) is 27.8 Å². The van der Waals surface area contributed by atoms with E-state index in [9.17, 15) is 9.59 Å². The molecule has 130 valence electrons. The minimum Gasteiger partial charge on any atom is -0.457 e. The average molecular weight is 367 g/mol. The number of ether oxygens (including phenoxy) is 1. The largest absolute Gasteiger partial charge is 0.457 e. The van der Waals surface area contributed by atoms with E-state index in [4.69, 9.17) is 22.1 Å². The quantitative estimate of drug-likeness (QED) is 0.698. The lowest BCUT2D eigenvalue weighted by Crippen LogP contribution is -2.15. The third-order valence-electron chi connectivity index (χ3n) is 3.60. The summed E-state index contributed by atoms with van der Waals surface area (Å²) in [4.78, 5) is 24.0. The van der Waals surface area contributed by atoms with Gasteiger partial charge in [0.15, 0.2) is 0 Å². The molecule has 0 heterocycles. The van der Waals surface area contributed by atoms with Crippen LogP contribution in [0.5, 0.6) is 11.5 Å². The van der Waals surface area contributed by atoms with Crippen molar-refractivity contribution in [2.45, 2.75) is 0 Å². The third kappa shape index (κ3) is 4.02. The van der Waals surface area contributed by atoms with Crippen LogP contribution in [0.4, 0.5) is 5.69 Å². The number of nitrogens with one attached hydrogen (secondary N) is 1. The van der Waals surface area contributed by atoms with Crippen LogP contribution in [0, 0.1) is 0 Å². The first kappa shape index (κ1) is 17.5. The van der Waals surface area contributed by atoms with Crippen LogP contribution in [0.25, 0.3) is 0 Å². The van der Waals surface area contributed by atoms with Crippen molar-refractivity contribution in [1.29, 1.82) is 0 Å². The number of nitrogens with two attached hydrogens (primary N) is 1. The molecule has 0 radical (unpaired) electrons. The summed E-state index contributed by atoms with van der Waals surface area (Å²) in [6.45, 7) is 0. The average Bonchev–Trinajstić information content (AvgIpc) is 2.64. The van der Waals surface area contributed by atoms with Gasteiger partial charge in [0, 0.05) is 5.56 Å². The molecular weight excluding hydrogens is 352 g/mol. The normalized spacial score (nSPS) is 10.2. The topological polar surface area (TPSA) is 81.4 Å². The fraction of sp³-hybridized carbons (Fsp3) is 0. The molecule has 0 bridgehead atoms. The molecular formula is C20H15ClN2O3. The molecule has 0 spiro atoms. The smallest absolute Gasteiger partial charge is 0.259 e. The second-order valence-electron chi connectivity index (χ2n) is 5.42. The van der Waals surface area contributed by atoms with E-state index in [1.54, 1.807) is 36.4 Å². The van der Waals surface area contributed by atoms with Crippen LogP contribution < -0.4 is 15.8 Å². The van der Waals surface area contributed by atoms with Gasteiger partial charge in [0.1, 0.15) is 11.5 Å². The van der Waals surface area contributed by atoms with Crippen molar-refractivity contribution in [1.82, 2.24) is 0 Å². The molecule has 5 nitrogen and oxygen atoms in total. The maximum absolute atomic E-state index is 12.7. The van der Waals surface area contributed by atoms with Gasteiger partial charge in [0.25, 0.3) is 5.91 Å². The van der Waals surface area contributed by atoms with Crippen LogP contribution in [0.15, 0.2) is 72.8 Å². The lowest BCUT2D eigenvalue weighted by atomic mass is 10.1. The maximum atomic E-state index is 12.7. The number of carbonyl (C=O) groups excluding carboxylic acids is 2. The SMILES string of the molecule is NC(=O)c1ccc(Cl)c(NC(=O)c2ccccc2Oc2ccccc2)c1. The second-order valence-corrected chi connectivity index (χ2v) is 5.83. The van der Waals surface area contributed by atoms with Crippen molar-refractivity contribution in [3.05, 3.63) is 88.9 Å². The number of hydrogen-bond donors (Lipinski definition) is 2. The number of benzene rings is 3. The summed E-state index contributed by atoms with van der Waals surface area (Å²) in [5, 5.41) is 2.99. The van der Waals surface area contributed by atoms with Gasteiger partial charge in [0.2, 0.25) is 5.91 Å². The van der Waals surface area contributed by atoms with Crippen molar-refractivity contribution >= 4 is 29.1 Å². The minimum atomic E-state index is -0.607. The van der Waals surface area contributed by atoms with Crippen LogP contribution in [0.1, 0.15) is 20.7 Å². The molecule has 0 aromatic heterocycles. The van der Waals surface area contributed by atoms with E-state index in [1.807, 2.05) is 18.2 Å². The summed E-state index contributed by atoms with van der Waals surface area (Å²) < 4.78 is 5.79. The van der Waals surface area contributed by atoms with E-state index < -0.39 is 11.8 Å². The summed E-state index contributed by atoms with van der Waals surface area (Å²) in [7, 11) is 0. The number of hydrogen-bond acceptors (Lipinski definition) is 3. The lowest BCUT2D eigenvalue weighted by molar-refractivity contribution is 0.0995. The van der Waals surface area contributed by atoms with E-state index in [-0.39, 0.29) is 5.56 Å². The number of halogens is 1. The molecule has 3 aromatic carbocycles. The Morgan fingerprint density at radius 2 is 1.62 bits per heavy atom. The predicted octanol–water partition coefficient (Wildman–Crippen LogP) is 4.48. The minimum absolute atomic E-state index is 0.249. The lowest BCUT2D eigenvalue weighted by Gasteiger charge is -2.12. The Hall–Kier alpha value is -3.31. The summed E-state index contributed by atoms with van der Waals surface area (Å²) >= 11 is 6.10. The number of rotatable bonds is 5. The van der Waals surface area contributed by atoms with Gasteiger partial charge >= 0.3 is 0 Å². The first-order valence-corrected chi connectivity index (χ1v) is 8.15. The Kier molecular flexibility index (Phi) is 5.20. The summed E-state index contributed by atoms with van der Waals surface area (Å²) in [5.41, 5.74) is 6.14. The van der Waals surface area contributed by atoms with Crippen LogP contribution >= 0.6 is 11.6 Å². The van der Waals surface area contributed by atoms with Gasteiger partial charge in [0.05, 0.1) is 16.3 Å². The maximum Gasteiger partial charge on any atom is 0.259 e. The van der Waals surface area contributed by atoms with Gasteiger partial charge in [-0.1, -0.05) is 41.9 Å². The number of primary amides is 1. The van der Waals surface area contributed by atoms with E-state index in [2.05, 4.69) is 5.32 Å². The van der Waals surface area contributed by atoms with Gasteiger partial charge in [-0.05, 0) is 42.5 Å². The van der Waals surface area contributed by atoms with E-state index in [1.165, 1.54) is 18.2 Å². The summed E-state index contributed by atoms with van der Waals surface area (Å²) in [5.74, 6) is -0.00934. The molecule has 6 heteroatoms. The number of para-hydroxylation sites is 2. The fourth-order valence-electron chi connectivity index (χ4n) is 2.32. The van der Waals surface area contributed by atoms with E-state index >= 15 is 0 Å². The van der Waals surface area contributed by atoms with Gasteiger partial charge in [-0.15, -0.1) is 0 Å². The molecule has 0 aliphatic heterocycles. The number of amides is 2. The van der Waals surface area contributed by atoms with Crippen LogP contribution in [0.3, 0.4) is 0 Å². The van der Waals surface area contributed by atoms with Gasteiger partial charge in [-0.25, -0.2) is 0 Å².